The van der Waals surface area contributed by atoms with Gasteiger partial charge in [-0.25, -0.2) is 9.18 Å². The molecule has 2 aromatic carbocycles. The summed E-state index contributed by atoms with van der Waals surface area (Å²) < 4.78 is 16.6. The maximum atomic E-state index is 15.1. The molecule has 0 amide bonds. The van der Waals surface area contributed by atoms with Gasteiger partial charge in [0.2, 0.25) is 0 Å². The average Bonchev–Trinajstić information content (AvgIpc) is 3.44. The molecule has 3 heterocycles. The zero-order valence-electron chi connectivity index (χ0n) is 25.6. The molecule has 0 unspecified atom stereocenters. The van der Waals surface area contributed by atoms with Gasteiger partial charge >= 0.3 is 5.69 Å². The summed E-state index contributed by atoms with van der Waals surface area (Å²) in [5, 5.41) is 4.47. The third-order valence-corrected chi connectivity index (χ3v) is 8.73. The van der Waals surface area contributed by atoms with Gasteiger partial charge in [0.25, 0.3) is 0 Å². The van der Waals surface area contributed by atoms with E-state index in [1.54, 1.807) is 24.4 Å². The Morgan fingerprint density at radius 1 is 1.20 bits per heavy atom. The molecule has 0 spiro atoms. The van der Waals surface area contributed by atoms with Crippen LogP contribution in [0.4, 0.5) is 4.39 Å². The van der Waals surface area contributed by atoms with Gasteiger partial charge in [-0.15, -0.1) is 0 Å². The lowest BCUT2D eigenvalue weighted by molar-refractivity contribution is 0.300. The largest absolute Gasteiger partial charge is 0.386 e. The van der Waals surface area contributed by atoms with Crippen molar-refractivity contribution in [2.24, 2.45) is 27.9 Å². The highest BCUT2D eigenvalue weighted by Crippen LogP contribution is 2.32. The molecule has 10 N–H and O–H groups in total. The Bertz CT molecular complexity index is 1700. The second kappa shape index (κ2) is 14.7. The summed E-state index contributed by atoms with van der Waals surface area (Å²) in [5.74, 6) is -0.101. The van der Waals surface area contributed by atoms with Crippen LogP contribution >= 0.6 is 11.6 Å². The van der Waals surface area contributed by atoms with Gasteiger partial charge in [-0.05, 0) is 86.9 Å². The van der Waals surface area contributed by atoms with Crippen molar-refractivity contribution in [1.82, 2.24) is 19.9 Å². The molecule has 1 aliphatic heterocycles. The predicted molar refractivity (Wildman–Crippen MR) is 180 cm³/mol. The van der Waals surface area contributed by atoms with E-state index in [0.29, 0.717) is 40.4 Å². The lowest BCUT2D eigenvalue weighted by Crippen LogP contribution is -2.40. The molecule has 4 aromatic rings. The Morgan fingerprint density at radius 3 is 2.69 bits per heavy atom. The second-order valence-electron chi connectivity index (χ2n) is 12.1. The van der Waals surface area contributed by atoms with Crippen LogP contribution in [0.1, 0.15) is 62.6 Å². The molecule has 5 rings (SSSR count). The van der Waals surface area contributed by atoms with Crippen LogP contribution in [0, 0.1) is 5.82 Å². The summed E-state index contributed by atoms with van der Waals surface area (Å²) in [5.41, 5.74) is 26.8. The van der Waals surface area contributed by atoms with E-state index in [2.05, 4.69) is 20.3 Å². The van der Waals surface area contributed by atoms with Crippen molar-refractivity contribution < 1.29 is 4.39 Å². The Kier molecular flexibility index (Phi) is 10.7. The number of aromatic amines is 1. The number of aromatic nitrogens is 3. The summed E-state index contributed by atoms with van der Waals surface area (Å²) in [4.78, 5) is 24.9. The van der Waals surface area contributed by atoms with Gasteiger partial charge in [0.15, 0.2) is 5.82 Å². The summed E-state index contributed by atoms with van der Waals surface area (Å²) in [6.45, 7) is 2.60. The molecule has 0 saturated carbocycles. The van der Waals surface area contributed by atoms with Gasteiger partial charge in [0.05, 0.1) is 29.0 Å². The minimum absolute atomic E-state index is 0.0531. The third-order valence-electron chi connectivity index (χ3n) is 8.45. The van der Waals surface area contributed by atoms with Gasteiger partial charge in [-0.2, -0.15) is 4.98 Å². The number of nitrogens with zero attached hydrogens (tertiary/aromatic N) is 3. The maximum absolute atomic E-state index is 15.1. The van der Waals surface area contributed by atoms with Crippen LogP contribution in [0.25, 0.3) is 28.0 Å². The van der Waals surface area contributed by atoms with Crippen molar-refractivity contribution in [2.45, 2.75) is 76.0 Å². The molecule has 0 radical (unpaired) electrons. The van der Waals surface area contributed by atoms with Crippen molar-refractivity contribution in [1.29, 1.82) is 0 Å². The summed E-state index contributed by atoms with van der Waals surface area (Å²) in [7, 11) is 0. The first kappa shape index (κ1) is 32.8. The number of halogens is 2. The molecule has 12 heteroatoms. The molecule has 1 fully saturated rings. The molecule has 0 aliphatic carbocycles. The normalized spacial score (nSPS) is 18.8. The number of rotatable bonds is 12. The smallest absolute Gasteiger partial charge is 0.354 e. The topological polar surface area (TPSA) is 179 Å². The van der Waals surface area contributed by atoms with Crippen LogP contribution in [-0.2, 0) is 6.42 Å². The quantitative estimate of drug-likeness (QED) is 0.100. The fourth-order valence-corrected chi connectivity index (χ4v) is 6.33. The van der Waals surface area contributed by atoms with Gasteiger partial charge in [-0.1, -0.05) is 30.2 Å². The number of hydrogen-bond acceptors (Lipinski definition) is 7. The van der Waals surface area contributed by atoms with Crippen molar-refractivity contribution in [3.8, 4) is 16.9 Å². The predicted octanol–water partition coefficient (Wildman–Crippen LogP) is 4.06. The van der Waals surface area contributed by atoms with Crippen molar-refractivity contribution >= 4 is 28.5 Å². The Balaban J connectivity index is 1.34. The fourth-order valence-electron chi connectivity index (χ4n) is 6.09. The van der Waals surface area contributed by atoms with Crippen LogP contribution in [-0.4, -0.2) is 51.6 Å². The van der Waals surface area contributed by atoms with E-state index in [1.807, 2.05) is 31.2 Å². The van der Waals surface area contributed by atoms with Crippen LogP contribution in [0.2, 0.25) is 5.02 Å². The standard InChI is InChI=1S/C33H43ClFN9O/c1-19(38)4-2-5-20-12-26(31(35)27(34)13-20)29-14-22-18-44(33(45)43-32(22)42-29)25-10-8-21(9-11-25)28-7-3-6-23(40-28)15-24(16-36)41-30(39)17-37/h8-14,18-19,23-24,28,40H,2-7,15-17,36-38H2,1H3,(H2,39,41)(H,42,43,45)/t19-,23-,24-,28-/m0/s1. The van der Waals surface area contributed by atoms with Crippen LogP contribution in [0.5, 0.6) is 0 Å². The zero-order chi connectivity index (χ0) is 32.1. The van der Waals surface area contributed by atoms with Crippen molar-refractivity contribution in [3.05, 3.63) is 81.1 Å². The lowest BCUT2D eigenvalue weighted by atomic mass is 9.90. The Morgan fingerprint density at radius 2 is 1.98 bits per heavy atom. The molecule has 4 atom stereocenters. The summed E-state index contributed by atoms with van der Waals surface area (Å²) in [6.07, 6.45) is 8.11. The minimum atomic E-state index is -0.519. The minimum Gasteiger partial charge on any atom is -0.386 e. The Hall–Kier alpha value is -3.61. The number of hydrogen-bond donors (Lipinski definition) is 6. The average molecular weight is 636 g/mol. The molecule has 45 heavy (non-hydrogen) atoms. The second-order valence-corrected chi connectivity index (χ2v) is 12.5. The Labute approximate surface area is 267 Å². The number of aliphatic imine (C=N–C) groups is 1. The maximum Gasteiger partial charge on any atom is 0.354 e. The zero-order valence-corrected chi connectivity index (χ0v) is 26.4. The molecule has 1 aliphatic rings. The monoisotopic (exact) mass is 635 g/mol. The number of H-pyrrole nitrogens is 1. The number of aryl methyl sites for hydroxylation is 1. The van der Waals surface area contributed by atoms with Crippen molar-refractivity contribution in [2.75, 3.05) is 13.1 Å². The highest BCUT2D eigenvalue weighted by molar-refractivity contribution is 6.31. The molecule has 2 aromatic heterocycles. The van der Waals surface area contributed by atoms with Gasteiger partial charge in [-0.3, -0.25) is 9.56 Å². The molecule has 10 nitrogen and oxygen atoms in total. The van der Waals surface area contributed by atoms with E-state index in [9.17, 15) is 4.79 Å². The SMILES string of the molecule is C[C@H](N)CCCc1cc(Cl)c(F)c(-c2cc3cn(-c4ccc([C@@H]5CCC[C@@H](C[C@@H](CN)N=C(N)CN)N5)cc4)c(=O)nc3[nH]2)c1. The van der Waals surface area contributed by atoms with Crippen LogP contribution in [0.15, 0.2) is 58.4 Å². The van der Waals surface area contributed by atoms with E-state index in [4.69, 9.17) is 34.5 Å². The van der Waals surface area contributed by atoms with E-state index in [-0.39, 0.29) is 35.7 Å². The highest BCUT2D eigenvalue weighted by atomic mass is 35.5. The summed E-state index contributed by atoms with van der Waals surface area (Å²) >= 11 is 6.26. The number of amidine groups is 1. The number of nitrogens with two attached hydrogens (primary N) is 4. The molecule has 1 saturated heterocycles. The fraction of sp³-hybridized carbons (Fsp3) is 0.424. The van der Waals surface area contributed by atoms with E-state index in [0.717, 1.165) is 56.1 Å². The first-order valence-electron chi connectivity index (χ1n) is 15.6. The first-order valence-corrected chi connectivity index (χ1v) is 16.0. The first-order chi connectivity index (χ1) is 21.6. The van der Waals surface area contributed by atoms with E-state index in [1.165, 1.54) is 4.57 Å². The number of fused-ring (bicyclic) bond motifs is 1. The molecule has 240 valence electrons. The summed E-state index contributed by atoms with van der Waals surface area (Å²) in [6, 6.07) is 13.6. The van der Waals surface area contributed by atoms with Gasteiger partial charge < -0.3 is 33.2 Å². The van der Waals surface area contributed by atoms with Crippen LogP contribution < -0.4 is 33.9 Å². The number of benzene rings is 2. The lowest BCUT2D eigenvalue weighted by Gasteiger charge is -2.33. The van der Waals surface area contributed by atoms with E-state index < -0.39 is 11.5 Å². The molecular formula is C33H43ClFN9O. The van der Waals surface area contributed by atoms with Gasteiger partial charge in [0, 0.05) is 41.8 Å². The van der Waals surface area contributed by atoms with Crippen LogP contribution in [0.3, 0.4) is 0 Å². The number of nitrogens with one attached hydrogen (secondary N) is 2. The highest BCUT2D eigenvalue weighted by Gasteiger charge is 2.24. The molecule has 0 bridgehead atoms. The molecular weight excluding hydrogens is 593 g/mol. The number of piperidine rings is 1. The van der Waals surface area contributed by atoms with Gasteiger partial charge in [0.1, 0.15) is 11.5 Å². The van der Waals surface area contributed by atoms with Crippen molar-refractivity contribution in [3.63, 3.8) is 0 Å². The van der Waals surface area contributed by atoms with E-state index >= 15 is 4.39 Å². The third kappa shape index (κ3) is 7.98.